The third-order valence-corrected chi connectivity index (χ3v) is 16.6. The minimum atomic E-state index is -3.81. The number of carboxylic acids is 1. The number of anilines is 2. The number of nitrogens with zero attached hydrogens (tertiary/aromatic N) is 16. The van der Waals surface area contributed by atoms with Crippen molar-refractivity contribution in [1.82, 2.24) is 78.1 Å². The number of hydrogen-bond acceptors (Lipinski definition) is 24. The monoisotopic (exact) mass is 1650 g/mol. The molecule has 0 saturated heterocycles. The van der Waals surface area contributed by atoms with Gasteiger partial charge in [-0.25, -0.2) is 74.2 Å². The summed E-state index contributed by atoms with van der Waals surface area (Å²) in [4.78, 5) is 96.7. The van der Waals surface area contributed by atoms with E-state index in [1.165, 1.54) is 100 Å². The number of carboxylic acid groups (broad SMARTS) is 1. The molecule has 8 aromatic heterocycles. The molecule has 0 atom stereocenters. The van der Waals surface area contributed by atoms with Gasteiger partial charge < -0.3 is 68.5 Å². The average molecular weight is 1650 g/mol. The van der Waals surface area contributed by atoms with E-state index in [-0.39, 0.29) is 53.3 Å². The van der Waals surface area contributed by atoms with Crippen LogP contribution in [0.2, 0.25) is 0 Å². The van der Waals surface area contributed by atoms with Gasteiger partial charge in [0, 0.05) is 143 Å². The Morgan fingerprint density at radius 2 is 0.823 bits per heavy atom. The van der Waals surface area contributed by atoms with Crippen molar-refractivity contribution in [3.63, 3.8) is 0 Å². The minimum absolute atomic E-state index is 0. The number of rotatable bonds is 14. The summed E-state index contributed by atoms with van der Waals surface area (Å²) < 4.78 is 96.0. The summed E-state index contributed by atoms with van der Waals surface area (Å²) >= 11 is 12.7. The molecular weight excluding hydrogens is 1580 g/mol. The zero-order valence-electron chi connectivity index (χ0n) is 62.7. The third kappa shape index (κ3) is 23.7. The van der Waals surface area contributed by atoms with E-state index in [0.29, 0.717) is 52.5 Å². The number of benzene rings is 6. The molecule has 0 spiro atoms. The van der Waals surface area contributed by atoms with Gasteiger partial charge in [-0.2, -0.15) is 0 Å². The van der Waals surface area contributed by atoms with Gasteiger partial charge in [-0.1, -0.05) is 0 Å². The molecule has 6 aromatic carbocycles. The fourth-order valence-corrected chi connectivity index (χ4v) is 11.4. The maximum atomic E-state index is 12.9. The molecule has 1 radical (unpaired) electrons. The fraction of sp³-hybridized carbons (Fsp3) is 0.178. The molecule has 14 aromatic rings. The van der Waals surface area contributed by atoms with E-state index in [2.05, 4.69) is 112 Å². The van der Waals surface area contributed by atoms with Crippen LogP contribution in [-0.2, 0) is 37.7 Å². The molecule has 0 saturated carbocycles. The Kier molecular flexibility index (Phi) is 31.8. The number of hydrogen-bond donors (Lipinski definition) is 4. The number of halogens is 8. The maximum absolute atomic E-state index is 12.9. The summed E-state index contributed by atoms with van der Waals surface area (Å²) in [5.74, 6) is 1.52. The van der Waals surface area contributed by atoms with Crippen molar-refractivity contribution in [3.8, 4) is 50.6 Å². The second-order valence-corrected chi connectivity index (χ2v) is 24.7. The number of aromatic nitrogens is 16. The quantitative estimate of drug-likeness (QED) is 0.0258. The van der Waals surface area contributed by atoms with E-state index >= 15 is 0 Å². The van der Waals surface area contributed by atoms with E-state index in [1.54, 1.807) is 85.7 Å². The molecule has 1 amide bonds. The van der Waals surface area contributed by atoms with Gasteiger partial charge in [0.25, 0.3) is 5.91 Å². The first-order chi connectivity index (χ1) is 53.3. The molecule has 0 fully saturated rings. The maximum Gasteiger partial charge on any atom is 1.00 e. The molecule has 8 heterocycles. The van der Waals surface area contributed by atoms with Gasteiger partial charge in [0.2, 0.25) is 0 Å². The average Bonchev–Trinajstić information content (AvgIpc) is 1.60. The van der Waals surface area contributed by atoms with Gasteiger partial charge in [0.1, 0.15) is 65.9 Å². The van der Waals surface area contributed by atoms with Crippen molar-refractivity contribution < 1.29 is 101 Å². The van der Waals surface area contributed by atoms with Crippen LogP contribution in [0.15, 0.2) is 176 Å². The number of alkyl halides is 7. The van der Waals surface area contributed by atoms with Gasteiger partial charge in [-0.3, -0.25) is 9.18 Å². The normalized spacial score (nSPS) is 10.7. The molecule has 40 heteroatoms. The van der Waals surface area contributed by atoms with Crippen LogP contribution in [0.1, 0.15) is 66.1 Å². The van der Waals surface area contributed by atoms with Gasteiger partial charge >= 0.3 is 55.6 Å². The number of nitrogens with two attached hydrogens (primary N) is 1. The van der Waals surface area contributed by atoms with E-state index in [0.717, 1.165) is 94.3 Å². The Morgan fingerprint density at radius 1 is 0.513 bits per heavy atom. The number of methoxy groups -OCH3 is 2. The molecule has 0 unspecified atom stereocenters. The van der Waals surface area contributed by atoms with E-state index in [9.17, 15) is 46.2 Å². The number of aromatic carboxylic acids is 1. The Balaban J connectivity index is 0.000000219. The zero-order chi connectivity index (χ0) is 81.7. The molecule has 0 bridgehead atoms. The SMILES string of the molecule is COC(=O)c1cc(-c2cncnc2)c2c(c1)nc(C)n2C.COC(=O)c1cc(Br)c2c(c1)nc(C)n2C.Cc1nc2cc(C(=O)Nc3ccc(OC(F)(F)Cl)cc3)cc(-c3cncnc3)c2n1C.Cc1nc2cc(C(=O)O)cc(-c3cncnc3)c2n1C.Nc1ccc(OC(F)(F)Cl)cc1.O[B]Oc1cncnc1.[2H]CF.[Li+].[OH-]. The van der Waals surface area contributed by atoms with Crippen molar-refractivity contribution in [1.29, 1.82) is 0 Å². The minimum Gasteiger partial charge on any atom is -0.870 e. The smallest absolute Gasteiger partial charge is 0.870 e. The predicted molar refractivity (Wildman–Crippen MR) is 410 cm³/mol. The number of carbonyl (C=O) groups excluding carboxylic acids is 3. The van der Waals surface area contributed by atoms with Crippen LogP contribution < -0.4 is 44.0 Å². The van der Waals surface area contributed by atoms with E-state index < -0.39 is 30.2 Å². The van der Waals surface area contributed by atoms with Crippen molar-refractivity contribution >= 4 is 126 Å². The summed E-state index contributed by atoms with van der Waals surface area (Å²) in [7, 11) is 9.98. The zero-order valence-corrected chi connectivity index (χ0v) is 64.8. The summed E-state index contributed by atoms with van der Waals surface area (Å²) in [6.07, 6.45) is 18.7. The molecule has 6 N–H and O–H groups in total. The van der Waals surface area contributed by atoms with Crippen LogP contribution in [0, 0.1) is 27.7 Å². The van der Waals surface area contributed by atoms with Gasteiger partial charge in [0.15, 0.2) is 0 Å². The van der Waals surface area contributed by atoms with Crippen molar-refractivity contribution in [3.05, 3.63) is 222 Å². The molecular formula is C73H67BBrCl2F5LiN18O12. The van der Waals surface area contributed by atoms with Gasteiger partial charge in [-0.15, -0.1) is 17.6 Å². The van der Waals surface area contributed by atoms with E-state index in [1.807, 2.05) is 74.2 Å². The summed E-state index contributed by atoms with van der Waals surface area (Å²) in [6, 6.07) is 24.6. The molecule has 113 heavy (non-hydrogen) atoms. The van der Waals surface area contributed by atoms with Crippen LogP contribution in [0.5, 0.6) is 17.2 Å². The first-order valence-electron chi connectivity index (χ1n) is 32.7. The van der Waals surface area contributed by atoms with Gasteiger partial charge in [0.05, 0.1) is 96.0 Å². The van der Waals surface area contributed by atoms with Crippen LogP contribution in [-0.4, -0.2) is 158 Å². The molecule has 30 nitrogen and oxygen atoms in total. The molecule has 0 aliphatic carbocycles. The number of aryl methyl sites for hydroxylation is 8. The Labute approximate surface area is 672 Å². The summed E-state index contributed by atoms with van der Waals surface area (Å²) in [6.45, 7) is 7.60. The Morgan fingerprint density at radius 3 is 1.18 bits per heavy atom. The number of nitrogens with one attached hydrogen (secondary N) is 1. The van der Waals surface area contributed by atoms with Gasteiger partial charge in [-0.05, 0) is 141 Å². The molecule has 0 aliphatic heterocycles. The van der Waals surface area contributed by atoms with Crippen LogP contribution >= 0.6 is 39.1 Å². The Hall–Kier alpha value is -12.1. The van der Waals surface area contributed by atoms with Crippen LogP contribution in [0.4, 0.5) is 33.3 Å². The van der Waals surface area contributed by atoms with Crippen molar-refractivity contribution in [2.75, 3.05) is 32.4 Å². The predicted octanol–water partition coefficient (Wildman–Crippen LogP) is 10.6. The topological polar surface area (TPSA) is 397 Å². The first-order valence-corrected chi connectivity index (χ1v) is 33.5. The fourth-order valence-electron chi connectivity index (χ4n) is 10.5. The number of nitrogen functional groups attached to an aromatic ring is 1. The van der Waals surface area contributed by atoms with Crippen LogP contribution in [0.3, 0.4) is 0 Å². The number of ether oxygens (including phenoxy) is 4. The number of carbonyl (C=O) groups is 4. The number of fused-ring (bicyclic) bond motifs is 4. The Bertz CT molecular complexity index is 5600. The molecule has 581 valence electrons. The second-order valence-electron chi connectivity index (χ2n) is 23.0. The largest absolute Gasteiger partial charge is 1.00 e. The summed E-state index contributed by atoms with van der Waals surface area (Å²) in [5.41, 5.74) is 11.5. The molecule has 0 aliphatic rings. The number of esters is 2. The molecule has 14 rings (SSSR count). The number of amides is 1. The summed E-state index contributed by atoms with van der Waals surface area (Å²) in [5, 5.41) is 20.1. The van der Waals surface area contributed by atoms with Crippen molar-refractivity contribution in [2.24, 2.45) is 28.2 Å². The third-order valence-electron chi connectivity index (χ3n) is 15.9. The number of imidazole rings is 4. The first kappa shape index (κ1) is 88.1. The van der Waals surface area contributed by atoms with Crippen LogP contribution in [0.25, 0.3) is 77.5 Å². The van der Waals surface area contributed by atoms with Crippen molar-refractivity contribution in [2.45, 2.75) is 38.8 Å². The second kappa shape index (κ2) is 40.7. The van der Waals surface area contributed by atoms with E-state index in [4.69, 9.17) is 28.5 Å². The standard InChI is InChI=1S/C21H16ClF2N5O2.C15H14N4O2.C14H12N4O2.C11H11BrN2O2.C7H6ClF2NO.C4H4BN2O2.CH3F.Li.H2O/c1-12-27-18-8-13(7-17(19(18)29(12)2)14-9-25-11-26-10-14)20(30)28-15-3-5-16(6-4-15)31-21(22,23)24;1-9-18-13-5-10(15(20)21-3)4-12(14(13)19(9)2)11-6-16-8-17-7-11;1-8-17-12-4-9(14(19)20)3-11(13(12)18(8)2)10-5-15-7-16-6-10;1-6-13-9-5-7(11(15)16-3)4-8(12)10(9)14(6)2;8-7(9,10)12-6-3-1-5(11)2-4-6;8-5-9-4-1-6-3-7-2-4;1-2;;/h3-11H,1-2H3,(H,28,30);4-8H,1-3H3;3-7H,1-2H3,(H,19,20);4-5H,1-3H3;1-4H,11H2;1-3,8H;1H3;;1H2/q;;;;;;;+1;/p-1/i;;;;;;1D;;.